The van der Waals surface area contributed by atoms with Crippen molar-refractivity contribution in [2.75, 3.05) is 6.61 Å². The van der Waals surface area contributed by atoms with Crippen molar-refractivity contribution in [3.05, 3.63) is 41.1 Å². The molecular formula is C13H14N2O5. The van der Waals surface area contributed by atoms with Gasteiger partial charge in [-0.3, -0.25) is 4.68 Å². The van der Waals surface area contributed by atoms with Crippen molar-refractivity contribution < 1.29 is 23.8 Å². The summed E-state index contributed by atoms with van der Waals surface area (Å²) in [4.78, 5) is 22.4. The molecule has 0 atom stereocenters. The number of aromatic nitrogens is 2. The third kappa shape index (κ3) is 2.87. The van der Waals surface area contributed by atoms with E-state index in [1.54, 1.807) is 19.9 Å². The number of nitrogens with zero attached hydrogens (tertiary/aromatic N) is 2. The molecule has 106 valence electrons. The Hall–Kier alpha value is -2.57. The first-order chi connectivity index (χ1) is 9.51. The van der Waals surface area contributed by atoms with Gasteiger partial charge in [-0.25, -0.2) is 9.59 Å². The maximum absolute atomic E-state index is 11.5. The van der Waals surface area contributed by atoms with E-state index < -0.39 is 11.9 Å². The van der Waals surface area contributed by atoms with Gasteiger partial charge in [0.2, 0.25) is 5.76 Å². The maximum Gasteiger partial charge on any atom is 0.372 e. The van der Waals surface area contributed by atoms with E-state index in [1.165, 1.54) is 17.1 Å². The highest BCUT2D eigenvalue weighted by Crippen LogP contribution is 2.15. The fourth-order valence-electron chi connectivity index (χ4n) is 1.77. The molecule has 0 aliphatic carbocycles. The molecule has 1 N–H and O–H groups in total. The lowest BCUT2D eigenvalue weighted by Gasteiger charge is -1.98. The molecule has 7 heteroatoms. The van der Waals surface area contributed by atoms with Gasteiger partial charge in [0.05, 0.1) is 24.9 Å². The van der Waals surface area contributed by atoms with Gasteiger partial charge in [-0.2, -0.15) is 5.10 Å². The SMILES string of the molecule is CCOC(=O)c1cnn(Cc2cc(C)c(C(=O)O)o2)c1. The van der Waals surface area contributed by atoms with Crippen LogP contribution in [0.5, 0.6) is 0 Å². The molecule has 0 spiro atoms. The fraction of sp³-hybridized carbons (Fsp3) is 0.308. The molecule has 0 bridgehead atoms. The minimum Gasteiger partial charge on any atom is -0.475 e. The Morgan fingerprint density at radius 2 is 2.25 bits per heavy atom. The molecule has 0 radical (unpaired) electrons. The number of furan rings is 1. The Balaban J connectivity index is 2.12. The number of aromatic carboxylic acids is 1. The Bertz CT molecular complexity index is 641. The summed E-state index contributed by atoms with van der Waals surface area (Å²) >= 11 is 0. The minimum atomic E-state index is -1.11. The van der Waals surface area contributed by atoms with E-state index in [9.17, 15) is 9.59 Å². The zero-order valence-corrected chi connectivity index (χ0v) is 11.1. The van der Waals surface area contributed by atoms with Crippen molar-refractivity contribution in [3.63, 3.8) is 0 Å². The summed E-state index contributed by atoms with van der Waals surface area (Å²) in [6.07, 6.45) is 2.92. The van der Waals surface area contributed by atoms with Gasteiger partial charge in [0.1, 0.15) is 5.76 Å². The number of carboxylic acids is 1. The van der Waals surface area contributed by atoms with Gasteiger partial charge >= 0.3 is 11.9 Å². The molecule has 0 unspecified atom stereocenters. The van der Waals surface area contributed by atoms with Crippen LogP contribution in [-0.2, 0) is 11.3 Å². The third-order valence-electron chi connectivity index (χ3n) is 2.63. The summed E-state index contributed by atoms with van der Waals surface area (Å²) in [7, 11) is 0. The Kier molecular flexibility index (Phi) is 3.88. The van der Waals surface area contributed by atoms with E-state index in [1.807, 2.05) is 0 Å². The number of rotatable bonds is 5. The van der Waals surface area contributed by atoms with Crippen LogP contribution in [0.25, 0.3) is 0 Å². The lowest BCUT2D eigenvalue weighted by molar-refractivity contribution is 0.0525. The summed E-state index contributed by atoms with van der Waals surface area (Å²) < 4.78 is 11.6. The monoisotopic (exact) mass is 278 g/mol. The minimum absolute atomic E-state index is 0.0854. The van der Waals surface area contributed by atoms with Crippen LogP contribution in [0.15, 0.2) is 22.9 Å². The fourth-order valence-corrected chi connectivity index (χ4v) is 1.77. The second kappa shape index (κ2) is 5.60. The first kappa shape index (κ1) is 13.9. The second-order valence-corrected chi connectivity index (χ2v) is 4.18. The second-order valence-electron chi connectivity index (χ2n) is 4.18. The van der Waals surface area contributed by atoms with Crippen molar-refractivity contribution in [3.8, 4) is 0 Å². The van der Waals surface area contributed by atoms with Crippen molar-refractivity contribution in [2.24, 2.45) is 0 Å². The Morgan fingerprint density at radius 3 is 2.85 bits per heavy atom. The molecule has 0 saturated heterocycles. The average Bonchev–Trinajstić information content (AvgIpc) is 2.97. The van der Waals surface area contributed by atoms with E-state index in [0.29, 0.717) is 23.5 Å². The molecule has 2 rings (SSSR count). The predicted molar refractivity (Wildman–Crippen MR) is 67.7 cm³/mol. The maximum atomic E-state index is 11.5. The highest BCUT2D eigenvalue weighted by Gasteiger charge is 2.15. The Morgan fingerprint density at radius 1 is 1.50 bits per heavy atom. The molecule has 0 fully saturated rings. The zero-order valence-electron chi connectivity index (χ0n) is 11.1. The normalized spacial score (nSPS) is 10.5. The predicted octanol–water partition coefficient (Wildman–Crippen LogP) is 1.71. The number of ether oxygens (including phenoxy) is 1. The van der Waals surface area contributed by atoms with Crippen molar-refractivity contribution in [2.45, 2.75) is 20.4 Å². The van der Waals surface area contributed by atoms with Gasteiger partial charge in [0.15, 0.2) is 0 Å². The average molecular weight is 278 g/mol. The van der Waals surface area contributed by atoms with Crippen LogP contribution in [0.1, 0.15) is 39.2 Å². The lowest BCUT2D eigenvalue weighted by atomic mass is 10.2. The molecule has 7 nitrogen and oxygen atoms in total. The molecule has 0 amide bonds. The first-order valence-electron chi connectivity index (χ1n) is 6.03. The topological polar surface area (TPSA) is 94.6 Å². The number of carbonyl (C=O) groups is 2. The van der Waals surface area contributed by atoms with E-state index >= 15 is 0 Å². The molecule has 0 aromatic carbocycles. The van der Waals surface area contributed by atoms with Crippen LogP contribution in [0.2, 0.25) is 0 Å². The smallest absolute Gasteiger partial charge is 0.372 e. The van der Waals surface area contributed by atoms with Crippen molar-refractivity contribution >= 4 is 11.9 Å². The molecule has 0 aliphatic heterocycles. The van der Waals surface area contributed by atoms with Gasteiger partial charge in [0.25, 0.3) is 0 Å². The lowest BCUT2D eigenvalue weighted by Crippen LogP contribution is -2.03. The molecule has 0 aliphatic rings. The number of carboxylic acid groups (broad SMARTS) is 1. The van der Waals surface area contributed by atoms with Crippen LogP contribution < -0.4 is 0 Å². The quantitative estimate of drug-likeness (QED) is 0.836. The van der Waals surface area contributed by atoms with Gasteiger partial charge in [-0.1, -0.05) is 0 Å². The summed E-state index contributed by atoms with van der Waals surface area (Å²) in [5.74, 6) is -1.18. The summed E-state index contributed by atoms with van der Waals surface area (Å²) in [6.45, 7) is 3.92. The summed E-state index contributed by atoms with van der Waals surface area (Å²) in [5.41, 5.74) is 0.888. The Labute approximate surface area is 114 Å². The zero-order chi connectivity index (χ0) is 14.7. The van der Waals surface area contributed by atoms with Crippen LogP contribution in [-0.4, -0.2) is 33.4 Å². The van der Waals surface area contributed by atoms with Crippen molar-refractivity contribution in [1.82, 2.24) is 9.78 Å². The first-order valence-corrected chi connectivity index (χ1v) is 6.03. The third-order valence-corrected chi connectivity index (χ3v) is 2.63. The van der Waals surface area contributed by atoms with E-state index in [4.69, 9.17) is 14.3 Å². The molecule has 2 heterocycles. The molecule has 20 heavy (non-hydrogen) atoms. The van der Waals surface area contributed by atoms with E-state index in [0.717, 1.165) is 0 Å². The molecular weight excluding hydrogens is 264 g/mol. The van der Waals surface area contributed by atoms with E-state index in [2.05, 4.69) is 5.10 Å². The van der Waals surface area contributed by atoms with Gasteiger partial charge in [-0.05, 0) is 19.9 Å². The van der Waals surface area contributed by atoms with Crippen LogP contribution >= 0.6 is 0 Å². The number of esters is 1. The van der Waals surface area contributed by atoms with Crippen LogP contribution in [0, 0.1) is 6.92 Å². The number of aryl methyl sites for hydroxylation is 1. The highest BCUT2D eigenvalue weighted by molar-refractivity contribution is 5.88. The highest BCUT2D eigenvalue weighted by atomic mass is 16.5. The number of hydrogen-bond donors (Lipinski definition) is 1. The summed E-state index contributed by atoms with van der Waals surface area (Å²) in [6, 6.07) is 1.63. The molecule has 2 aromatic rings. The number of carbonyl (C=O) groups excluding carboxylic acids is 1. The standard InChI is InChI=1S/C13H14N2O5/c1-3-19-13(18)9-5-14-15(6-9)7-10-4-8(2)11(20-10)12(16)17/h4-6H,3,7H2,1-2H3,(H,16,17). The van der Waals surface area contributed by atoms with Crippen molar-refractivity contribution in [1.29, 1.82) is 0 Å². The molecule has 2 aromatic heterocycles. The van der Waals surface area contributed by atoms with Crippen LogP contribution in [0.4, 0.5) is 0 Å². The summed E-state index contributed by atoms with van der Waals surface area (Å²) in [5, 5.41) is 12.9. The van der Waals surface area contributed by atoms with Gasteiger partial charge < -0.3 is 14.3 Å². The van der Waals surface area contributed by atoms with E-state index in [-0.39, 0.29) is 12.3 Å². The van der Waals surface area contributed by atoms with Gasteiger partial charge in [0, 0.05) is 11.8 Å². The van der Waals surface area contributed by atoms with Crippen LogP contribution in [0.3, 0.4) is 0 Å². The van der Waals surface area contributed by atoms with Gasteiger partial charge in [-0.15, -0.1) is 0 Å². The largest absolute Gasteiger partial charge is 0.475 e. The molecule has 0 saturated carbocycles. The number of hydrogen-bond acceptors (Lipinski definition) is 5.